The third-order valence-electron chi connectivity index (χ3n) is 4.75. The second-order valence-electron chi connectivity index (χ2n) is 7.46. The van der Waals surface area contributed by atoms with Crippen LogP contribution < -0.4 is 9.64 Å². The molecule has 1 aliphatic heterocycles. The van der Waals surface area contributed by atoms with E-state index in [4.69, 9.17) is 4.74 Å². The first kappa shape index (κ1) is 18.5. The van der Waals surface area contributed by atoms with Crippen molar-refractivity contribution in [2.45, 2.75) is 39.5 Å². The highest BCUT2D eigenvalue weighted by Gasteiger charge is 2.39. The van der Waals surface area contributed by atoms with Crippen LogP contribution >= 0.6 is 0 Å². The fourth-order valence-electron chi connectivity index (χ4n) is 3.33. The summed E-state index contributed by atoms with van der Waals surface area (Å²) in [5, 5.41) is 4.29. The molecule has 2 aromatic heterocycles. The van der Waals surface area contributed by atoms with Gasteiger partial charge in [-0.25, -0.2) is 9.67 Å². The summed E-state index contributed by atoms with van der Waals surface area (Å²) in [6.45, 7) is 7.42. The van der Waals surface area contributed by atoms with Gasteiger partial charge in [0, 0.05) is 44.2 Å². The number of ether oxygens (including phenoxy) is 1. The van der Waals surface area contributed by atoms with Gasteiger partial charge in [-0.3, -0.25) is 0 Å². The Morgan fingerprint density at radius 2 is 2.00 bits per heavy atom. The normalized spacial score (nSPS) is 20.3. The average Bonchev–Trinajstić information content (AvgIpc) is 2.86. The highest BCUT2D eigenvalue weighted by atomic mass is 19.4. The fourth-order valence-corrected chi connectivity index (χ4v) is 3.33. The van der Waals surface area contributed by atoms with Gasteiger partial charge < -0.3 is 9.64 Å². The molecule has 1 saturated heterocycles. The molecule has 1 atom stereocenters. The Labute approximate surface area is 150 Å². The third-order valence-corrected chi connectivity index (χ3v) is 4.75. The van der Waals surface area contributed by atoms with E-state index >= 15 is 0 Å². The molecule has 0 N–H and O–H groups in total. The van der Waals surface area contributed by atoms with Crippen molar-refractivity contribution in [1.82, 2.24) is 14.8 Å². The first-order chi connectivity index (χ1) is 12.1. The highest BCUT2D eigenvalue weighted by Crippen LogP contribution is 2.35. The number of pyridine rings is 1. The van der Waals surface area contributed by atoms with Crippen molar-refractivity contribution >= 4 is 5.82 Å². The molecule has 0 aliphatic carbocycles. The van der Waals surface area contributed by atoms with Gasteiger partial charge in [-0.15, -0.1) is 0 Å². The minimum atomic E-state index is -4.37. The van der Waals surface area contributed by atoms with Crippen molar-refractivity contribution < 1.29 is 17.9 Å². The smallest absolute Gasteiger partial charge is 0.417 e. The summed E-state index contributed by atoms with van der Waals surface area (Å²) in [5.41, 5.74) is -0.0298. The fraction of sp³-hybridized carbons (Fsp3) is 0.556. The van der Waals surface area contributed by atoms with E-state index < -0.39 is 11.7 Å². The molecule has 5 nitrogen and oxygen atoms in total. The van der Waals surface area contributed by atoms with E-state index in [1.54, 1.807) is 4.68 Å². The van der Waals surface area contributed by atoms with Gasteiger partial charge in [0.1, 0.15) is 11.9 Å². The largest absolute Gasteiger partial charge is 0.474 e. The molecule has 1 fully saturated rings. The number of nitrogens with zero attached hydrogens (tertiary/aromatic N) is 4. The summed E-state index contributed by atoms with van der Waals surface area (Å²) in [6, 6.07) is 4.42. The van der Waals surface area contributed by atoms with Crippen molar-refractivity contribution in [3.63, 3.8) is 0 Å². The number of halogens is 3. The lowest BCUT2D eigenvalue weighted by Gasteiger charge is -2.44. The van der Waals surface area contributed by atoms with E-state index in [0.29, 0.717) is 18.9 Å². The van der Waals surface area contributed by atoms with Crippen LogP contribution in [0.2, 0.25) is 0 Å². The topological polar surface area (TPSA) is 43.2 Å². The zero-order valence-corrected chi connectivity index (χ0v) is 15.3. The number of alkyl halides is 3. The first-order valence-corrected chi connectivity index (χ1v) is 8.52. The zero-order valence-electron chi connectivity index (χ0n) is 15.3. The van der Waals surface area contributed by atoms with E-state index in [1.807, 2.05) is 24.9 Å². The predicted octanol–water partition coefficient (Wildman–Crippen LogP) is 3.83. The van der Waals surface area contributed by atoms with E-state index in [-0.39, 0.29) is 11.5 Å². The Bertz CT molecular complexity index is 768. The number of anilines is 1. The highest BCUT2D eigenvalue weighted by molar-refractivity contribution is 5.41. The van der Waals surface area contributed by atoms with E-state index in [2.05, 4.69) is 23.9 Å². The van der Waals surface area contributed by atoms with Crippen molar-refractivity contribution in [3.8, 4) is 5.88 Å². The van der Waals surface area contributed by atoms with Crippen LogP contribution in [0.1, 0.15) is 31.5 Å². The van der Waals surface area contributed by atoms with Crippen LogP contribution in [0.25, 0.3) is 0 Å². The Balaban J connectivity index is 1.71. The second-order valence-corrected chi connectivity index (χ2v) is 7.46. The van der Waals surface area contributed by atoms with Crippen LogP contribution in [0.15, 0.2) is 24.4 Å². The summed E-state index contributed by atoms with van der Waals surface area (Å²) in [6.07, 6.45) is -2.74. The van der Waals surface area contributed by atoms with Gasteiger partial charge in [0.25, 0.3) is 0 Å². The molecule has 0 aromatic carbocycles. The number of aromatic nitrogens is 3. The maximum Gasteiger partial charge on any atom is 0.417 e. The summed E-state index contributed by atoms with van der Waals surface area (Å²) in [5.74, 6) is 1.28. The number of hydrogen-bond acceptors (Lipinski definition) is 4. The number of piperidine rings is 1. The van der Waals surface area contributed by atoms with Gasteiger partial charge in [0.2, 0.25) is 5.88 Å². The Hall–Kier alpha value is -2.25. The second kappa shape index (κ2) is 6.48. The molecule has 0 spiro atoms. The van der Waals surface area contributed by atoms with Crippen LogP contribution in [-0.4, -0.2) is 34.0 Å². The molecule has 0 radical (unpaired) electrons. The molecular weight excluding hydrogens is 345 g/mol. The van der Waals surface area contributed by atoms with Crippen molar-refractivity contribution in [1.29, 1.82) is 0 Å². The van der Waals surface area contributed by atoms with Gasteiger partial charge in [-0.05, 0) is 19.1 Å². The summed E-state index contributed by atoms with van der Waals surface area (Å²) < 4.78 is 46.0. The quantitative estimate of drug-likeness (QED) is 0.826. The minimum absolute atomic E-state index is 0.0111. The third kappa shape index (κ3) is 3.78. The molecule has 1 aliphatic rings. The molecule has 0 saturated carbocycles. The standard InChI is InChI=1S/C18H23F3N4O/c1-12-9-16(24(4)23-12)26-14-7-8-25(11-17(14,2)3)15-6-5-13(10-22-15)18(19,20)21/h5-6,9-10,14H,7-8,11H2,1-4H3. The van der Waals surface area contributed by atoms with Gasteiger partial charge in [0.15, 0.2) is 0 Å². The number of rotatable bonds is 3. The summed E-state index contributed by atoms with van der Waals surface area (Å²) >= 11 is 0. The minimum Gasteiger partial charge on any atom is -0.474 e. The molecule has 3 heterocycles. The van der Waals surface area contributed by atoms with Crippen LogP contribution in [0, 0.1) is 12.3 Å². The maximum absolute atomic E-state index is 12.7. The molecule has 0 bridgehead atoms. The van der Waals surface area contributed by atoms with Gasteiger partial charge in [0.05, 0.1) is 11.3 Å². The van der Waals surface area contributed by atoms with E-state index in [1.165, 1.54) is 6.07 Å². The van der Waals surface area contributed by atoms with Gasteiger partial charge in [-0.1, -0.05) is 13.8 Å². The summed E-state index contributed by atoms with van der Waals surface area (Å²) in [4.78, 5) is 6.02. The SMILES string of the molecule is Cc1cc(OC2CCN(c3ccc(C(F)(F)F)cn3)CC2(C)C)n(C)n1. The zero-order chi connectivity index (χ0) is 19.1. The molecule has 0 amide bonds. The average molecular weight is 368 g/mol. The van der Waals surface area contributed by atoms with Crippen LogP contribution in [-0.2, 0) is 13.2 Å². The monoisotopic (exact) mass is 368 g/mol. The molecule has 1 unspecified atom stereocenters. The van der Waals surface area contributed by atoms with E-state index in [9.17, 15) is 13.2 Å². The number of aryl methyl sites for hydroxylation is 2. The molecule has 3 rings (SSSR count). The molecule has 8 heteroatoms. The predicted molar refractivity (Wildman–Crippen MR) is 92.2 cm³/mol. The van der Waals surface area contributed by atoms with E-state index in [0.717, 1.165) is 30.3 Å². The van der Waals surface area contributed by atoms with Crippen LogP contribution in [0.5, 0.6) is 5.88 Å². The van der Waals surface area contributed by atoms with Crippen LogP contribution in [0.4, 0.5) is 19.0 Å². The lowest BCUT2D eigenvalue weighted by Crippen LogP contribution is -2.51. The Morgan fingerprint density at radius 1 is 1.27 bits per heavy atom. The molecule has 2 aromatic rings. The first-order valence-electron chi connectivity index (χ1n) is 8.52. The van der Waals surface area contributed by atoms with Gasteiger partial charge >= 0.3 is 6.18 Å². The summed E-state index contributed by atoms with van der Waals surface area (Å²) in [7, 11) is 1.84. The molecular formula is C18H23F3N4O. The lowest BCUT2D eigenvalue weighted by molar-refractivity contribution is -0.137. The van der Waals surface area contributed by atoms with Crippen LogP contribution in [0.3, 0.4) is 0 Å². The molecule has 142 valence electrons. The van der Waals surface area contributed by atoms with Crippen molar-refractivity contribution in [2.75, 3.05) is 18.0 Å². The number of hydrogen-bond donors (Lipinski definition) is 0. The molecule has 26 heavy (non-hydrogen) atoms. The van der Waals surface area contributed by atoms with Crippen molar-refractivity contribution in [3.05, 3.63) is 35.7 Å². The lowest BCUT2D eigenvalue weighted by atomic mass is 9.81. The maximum atomic E-state index is 12.7. The Kier molecular flexibility index (Phi) is 4.62. The van der Waals surface area contributed by atoms with Gasteiger partial charge in [-0.2, -0.15) is 18.3 Å². The van der Waals surface area contributed by atoms with Crippen molar-refractivity contribution in [2.24, 2.45) is 12.5 Å². The Morgan fingerprint density at radius 3 is 2.50 bits per heavy atom.